The fourth-order valence-corrected chi connectivity index (χ4v) is 5.39. The van der Waals surface area contributed by atoms with Crippen LogP contribution in [0.25, 0.3) is 0 Å². The molecule has 1 aliphatic heterocycles. The summed E-state index contributed by atoms with van der Waals surface area (Å²) in [4.78, 5) is 18.6. The standard InChI is InChI=1S/C18H26N6Se.ClH/c1-3-7-15(25-14-8-5-4-6-9-14)16-20-17(19)22-18(21-16)24-12-10-23(2)11-13-24;/h4-6,8-9,15H,3,7,10-13H2,1-2H3,(H2,19,20,21,22);1H. The molecule has 1 atom stereocenters. The minimum atomic E-state index is 0. The van der Waals surface area contributed by atoms with Crippen LogP contribution in [-0.2, 0) is 0 Å². The van der Waals surface area contributed by atoms with Crippen molar-refractivity contribution in [1.82, 2.24) is 19.9 Å². The Morgan fingerprint density at radius 1 is 1.08 bits per heavy atom. The Morgan fingerprint density at radius 3 is 2.42 bits per heavy atom. The largest absolute Gasteiger partial charge is 0.147 e. The van der Waals surface area contributed by atoms with Crippen LogP contribution in [-0.4, -0.2) is 68.0 Å². The van der Waals surface area contributed by atoms with Crippen molar-refractivity contribution in [2.75, 3.05) is 43.9 Å². The van der Waals surface area contributed by atoms with Crippen LogP contribution >= 0.6 is 12.4 Å². The number of hydrogen-bond donors (Lipinski definition) is 1. The van der Waals surface area contributed by atoms with E-state index in [0.717, 1.165) is 50.8 Å². The van der Waals surface area contributed by atoms with E-state index in [1.165, 1.54) is 4.46 Å². The first-order valence-electron chi connectivity index (χ1n) is 8.82. The van der Waals surface area contributed by atoms with Gasteiger partial charge < -0.3 is 0 Å². The molecule has 0 amide bonds. The summed E-state index contributed by atoms with van der Waals surface area (Å²) >= 11 is 0.282. The number of nitrogens with two attached hydrogens (primary N) is 1. The van der Waals surface area contributed by atoms with E-state index >= 15 is 0 Å². The summed E-state index contributed by atoms with van der Waals surface area (Å²) in [5.41, 5.74) is 6.03. The van der Waals surface area contributed by atoms with Crippen LogP contribution < -0.4 is 15.1 Å². The van der Waals surface area contributed by atoms with Crippen molar-refractivity contribution in [3.8, 4) is 0 Å². The first-order chi connectivity index (χ1) is 12.2. The van der Waals surface area contributed by atoms with Crippen LogP contribution in [0.1, 0.15) is 30.4 Å². The topological polar surface area (TPSA) is 71.2 Å². The molecule has 2 heterocycles. The van der Waals surface area contributed by atoms with Crippen LogP contribution in [0.15, 0.2) is 30.3 Å². The number of halogens is 1. The summed E-state index contributed by atoms with van der Waals surface area (Å²) in [6.07, 6.45) is 2.18. The minimum absolute atomic E-state index is 0. The van der Waals surface area contributed by atoms with E-state index in [4.69, 9.17) is 10.7 Å². The van der Waals surface area contributed by atoms with Gasteiger partial charge in [0, 0.05) is 0 Å². The van der Waals surface area contributed by atoms with E-state index in [-0.39, 0.29) is 27.4 Å². The Kier molecular flexibility index (Phi) is 8.10. The molecule has 1 unspecified atom stereocenters. The van der Waals surface area contributed by atoms with Gasteiger partial charge in [-0.1, -0.05) is 0 Å². The Bertz CT molecular complexity index is 679. The average Bonchev–Trinajstić information content (AvgIpc) is 2.62. The van der Waals surface area contributed by atoms with Gasteiger partial charge in [0.1, 0.15) is 0 Å². The summed E-state index contributed by atoms with van der Waals surface area (Å²) < 4.78 is 1.37. The van der Waals surface area contributed by atoms with Crippen LogP contribution in [0.4, 0.5) is 11.9 Å². The van der Waals surface area contributed by atoms with Crippen LogP contribution in [0, 0.1) is 0 Å². The van der Waals surface area contributed by atoms with Crippen molar-refractivity contribution in [3.05, 3.63) is 36.2 Å². The third-order valence-corrected chi connectivity index (χ3v) is 6.98. The van der Waals surface area contributed by atoms with Gasteiger partial charge in [0.2, 0.25) is 0 Å². The summed E-state index contributed by atoms with van der Waals surface area (Å²) in [6.45, 7) is 6.11. The molecule has 1 aromatic heterocycles. The molecule has 1 fully saturated rings. The van der Waals surface area contributed by atoms with Gasteiger partial charge in [0.25, 0.3) is 0 Å². The van der Waals surface area contributed by atoms with Gasteiger partial charge in [-0.15, -0.1) is 12.4 Å². The summed E-state index contributed by atoms with van der Waals surface area (Å²) in [6, 6.07) is 10.6. The fourth-order valence-electron chi connectivity index (χ4n) is 2.86. The second kappa shape index (κ2) is 10.1. The number of anilines is 2. The number of piperazine rings is 1. The number of hydrogen-bond acceptors (Lipinski definition) is 6. The van der Waals surface area contributed by atoms with E-state index in [2.05, 4.69) is 64.1 Å². The van der Waals surface area contributed by atoms with Gasteiger partial charge in [-0.05, 0) is 0 Å². The molecule has 0 saturated carbocycles. The maximum Gasteiger partial charge on any atom is -0.147 e. The minimum Gasteiger partial charge on any atom is -0.147 e. The van der Waals surface area contributed by atoms with Crippen molar-refractivity contribution in [2.24, 2.45) is 0 Å². The van der Waals surface area contributed by atoms with E-state index in [1.54, 1.807) is 0 Å². The molecule has 8 heteroatoms. The zero-order valence-electron chi connectivity index (χ0n) is 15.3. The average molecular weight is 442 g/mol. The van der Waals surface area contributed by atoms with Crippen molar-refractivity contribution < 1.29 is 0 Å². The van der Waals surface area contributed by atoms with Crippen LogP contribution in [0.2, 0.25) is 0 Å². The summed E-state index contributed by atoms with van der Waals surface area (Å²) in [5, 5.41) is 0. The second-order valence-corrected chi connectivity index (χ2v) is 9.03. The zero-order chi connectivity index (χ0) is 17.6. The number of aromatic nitrogens is 3. The number of nitrogen functional groups attached to an aromatic ring is 1. The Balaban J connectivity index is 0.00000243. The maximum atomic E-state index is 6.03. The molecule has 1 aromatic carbocycles. The van der Waals surface area contributed by atoms with Crippen molar-refractivity contribution in [3.63, 3.8) is 0 Å². The molecule has 1 saturated heterocycles. The Labute approximate surface area is 168 Å². The number of nitrogens with zero attached hydrogens (tertiary/aromatic N) is 5. The predicted octanol–water partition coefficient (Wildman–Crippen LogP) is 1.50. The zero-order valence-corrected chi connectivity index (χ0v) is 17.9. The van der Waals surface area contributed by atoms with Gasteiger partial charge in [-0.25, -0.2) is 0 Å². The maximum absolute atomic E-state index is 6.03. The smallest absolute Gasteiger partial charge is 0.147 e. The Hall–Kier alpha value is -1.40. The molecule has 0 radical (unpaired) electrons. The second-order valence-electron chi connectivity index (χ2n) is 6.35. The monoisotopic (exact) mass is 442 g/mol. The van der Waals surface area contributed by atoms with Gasteiger partial charge in [0.05, 0.1) is 0 Å². The van der Waals surface area contributed by atoms with Gasteiger partial charge in [-0.2, -0.15) is 0 Å². The molecule has 2 aromatic rings. The predicted molar refractivity (Wildman–Crippen MR) is 111 cm³/mol. The number of rotatable bonds is 6. The van der Waals surface area contributed by atoms with E-state index in [1.807, 2.05) is 0 Å². The molecule has 3 rings (SSSR count). The van der Waals surface area contributed by atoms with Crippen LogP contribution in [0.3, 0.4) is 0 Å². The van der Waals surface area contributed by atoms with Crippen molar-refractivity contribution in [2.45, 2.75) is 24.6 Å². The molecule has 142 valence electrons. The van der Waals surface area contributed by atoms with Gasteiger partial charge >= 0.3 is 156 Å². The first kappa shape index (κ1) is 20.9. The third-order valence-electron chi connectivity index (χ3n) is 4.30. The van der Waals surface area contributed by atoms with Crippen molar-refractivity contribution >= 4 is 43.7 Å². The van der Waals surface area contributed by atoms with Crippen LogP contribution in [0.5, 0.6) is 0 Å². The Morgan fingerprint density at radius 2 is 1.77 bits per heavy atom. The fraction of sp³-hybridized carbons (Fsp3) is 0.500. The quantitative estimate of drug-likeness (QED) is 0.685. The molecule has 0 spiro atoms. The SMILES string of the molecule is CCCC([Se]c1ccccc1)c1nc(N)nc(N2CCN(C)CC2)n1.Cl. The van der Waals surface area contributed by atoms with E-state index in [0.29, 0.717) is 10.8 Å². The molecule has 1 aliphatic rings. The number of benzene rings is 1. The summed E-state index contributed by atoms with van der Waals surface area (Å²) in [5.74, 6) is 1.93. The number of likely N-dealkylation sites (N-methyl/N-ethyl adjacent to an activating group) is 1. The van der Waals surface area contributed by atoms with Gasteiger partial charge in [0.15, 0.2) is 0 Å². The summed E-state index contributed by atoms with van der Waals surface area (Å²) in [7, 11) is 2.14. The molecular weight excluding hydrogens is 415 g/mol. The molecule has 0 aliphatic carbocycles. The van der Waals surface area contributed by atoms with E-state index < -0.39 is 0 Å². The third kappa shape index (κ3) is 5.55. The normalized spacial score (nSPS) is 16.2. The molecular formula is C18H27ClN6Se. The van der Waals surface area contributed by atoms with Crippen molar-refractivity contribution in [1.29, 1.82) is 0 Å². The molecule has 6 nitrogen and oxygen atoms in total. The first-order valence-corrected chi connectivity index (χ1v) is 10.7. The molecule has 2 N–H and O–H groups in total. The molecule has 26 heavy (non-hydrogen) atoms. The van der Waals surface area contributed by atoms with E-state index in [9.17, 15) is 0 Å². The molecule has 0 bridgehead atoms. The van der Waals surface area contributed by atoms with Gasteiger partial charge in [-0.3, -0.25) is 0 Å².